The standard InChI is InChI=1S/C24H32FN3O2/c1-4-26-23(28(2)17-19-5-11-22(29-3)12-6-19)27-18-24(13-15-30-16-14-24)20-7-9-21(25)10-8-20/h5-12H,4,13-18H2,1-3H3,(H,26,27). The van der Waals surface area contributed by atoms with Gasteiger partial charge in [0, 0.05) is 38.8 Å². The zero-order valence-electron chi connectivity index (χ0n) is 18.2. The molecular weight excluding hydrogens is 381 g/mol. The van der Waals surface area contributed by atoms with Crippen LogP contribution in [-0.4, -0.2) is 51.3 Å². The molecule has 5 nitrogen and oxygen atoms in total. The van der Waals surface area contributed by atoms with E-state index in [0.29, 0.717) is 19.8 Å². The molecule has 6 heteroatoms. The van der Waals surface area contributed by atoms with E-state index in [-0.39, 0.29) is 11.2 Å². The molecule has 0 bridgehead atoms. The molecule has 1 N–H and O–H groups in total. The van der Waals surface area contributed by atoms with Crippen molar-refractivity contribution in [2.24, 2.45) is 4.99 Å². The minimum Gasteiger partial charge on any atom is -0.497 e. The molecular formula is C24H32FN3O2. The molecule has 1 heterocycles. The van der Waals surface area contributed by atoms with Crippen molar-refractivity contribution >= 4 is 5.96 Å². The van der Waals surface area contributed by atoms with Gasteiger partial charge in [0.05, 0.1) is 13.7 Å². The minimum atomic E-state index is -0.211. The number of halogens is 1. The van der Waals surface area contributed by atoms with Crippen LogP contribution in [0.2, 0.25) is 0 Å². The summed E-state index contributed by atoms with van der Waals surface area (Å²) in [6.07, 6.45) is 1.76. The Morgan fingerprint density at radius 2 is 1.80 bits per heavy atom. The molecule has 0 spiro atoms. The summed E-state index contributed by atoms with van der Waals surface area (Å²) in [5.74, 6) is 1.50. The summed E-state index contributed by atoms with van der Waals surface area (Å²) in [7, 11) is 3.71. The van der Waals surface area contributed by atoms with Crippen molar-refractivity contribution in [2.75, 3.05) is 40.5 Å². The second kappa shape index (κ2) is 10.4. The summed E-state index contributed by atoms with van der Waals surface area (Å²) in [5.41, 5.74) is 2.18. The van der Waals surface area contributed by atoms with Crippen LogP contribution < -0.4 is 10.1 Å². The average molecular weight is 414 g/mol. The Bertz CT molecular complexity index is 815. The molecule has 2 aromatic rings. The monoisotopic (exact) mass is 413 g/mol. The van der Waals surface area contributed by atoms with Crippen LogP contribution in [0.25, 0.3) is 0 Å². The Morgan fingerprint density at radius 3 is 2.40 bits per heavy atom. The Balaban J connectivity index is 1.78. The molecule has 1 aliphatic heterocycles. The van der Waals surface area contributed by atoms with Gasteiger partial charge in [-0.05, 0) is 55.2 Å². The van der Waals surface area contributed by atoms with Gasteiger partial charge in [-0.2, -0.15) is 0 Å². The average Bonchev–Trinajstić information content (AvgIpc) is 2.78. The first-order chi connectivity index (χ1) is 14.6. The summed E-state index contributed by atoms with van der Waals surface area (Å²) in [6, 6.07) is 14.9. The highest BCUT2D eigenvalue weighted by atomic mass is 19.1. The summed E-state index contributed by atoms with van der Waals surface area (Å²) in [6.45, 7) is 5.63. The van der Waals surface area contributed by atoms with Crippen molar-refractivity contribution in [3.05, 3.63) is 65.5 Å². The molecule has 162 valence electrons. The van der Waals surface area contributed by atoms with Gasteiger partial charge in [-0.25, -0.2) is 4.39 Å². The molecule has 3 rings (SSSR count). The Hall–Kier alpha value is -2.60. The van der Waals surface area contributed by atoms with Crippen LogP contribution in [0.4, 0.5) is 4.39 Å². The maximum atomic E-state index is 13.5. The summed E-state index contributed by atoms with van der Waals surface area (Å²) >= 11 is 0. The number of methoxy groups -OCH3 is 1. The molecule has 0 atom stereocenters. The van der Waals surface area contributed by atoms with Crippen LogP contribution >= 0.6 is 0 Å². The van der Waals surface area contributed by atoms with E-state index < -0.39 is 0 Å². The molecule has 2 aromatic carbocycles. The van der Waals surface area contributed by atoms with E-state index in [1.807, 2.05) is 31.3 Å². The van der Waals surface area contributed by atoms with Gasteiger partial charge in [0.2, 0.25) is 0 Å². The largest absolute Gasteiger partial charge is 0.497 e. The lowest BCUT2D eigenvalue weighted by atomic mass is 9.74. The van der Waals surface area contributed by atoms with Crippen LogP contribution in [0.15, 0.2) is 53.5 Å². The highest BCUT2D eigenvalue weighted by Crippen LogP contribution is 2.35. The third-order valence-corrected chi connectivity index (χ3v) is 5.71. The van der Waals surface area contributed by atoms with Gasteiger partial charge in [-0.1, -0.05) is 24.3 Å². The smallest absolute Gasteiger partial charge is 0.193 e. The number of ether oxygens (including phenoxy) is 2. The molecule has 0 amide bonds. The number of hydrogen-bond donors (Lipinski definition) is 1. The van der Waals surface area contributed by atoms with E-state index >= 15 is 0 Å². The van der Waals surface area contributed by atoms with Crippen molar-refractivity contribution in [1.29, 1.82) is 0 Å². The van der Waals surface area contributed by atoms with Crippen LogP contribution in [0.5, 0.6) is 5.75 Å². The predicted molar refractivity (Wildman–Crippen MR) is 119 cm³/mol. The summed E-state index contributed by atoms with van der Waals surface area (Å²) < 4.78 is 24.3. The number of benzene rings is 2. The third kappa shape index (κ3) is 5.51. The molecule has 0 aromatic heterocycles. The van der Waals surface area contributed by atoms with Crippen LogP contribution in [0, 0.1) is 5.82 Å². The van der Waals surface area contributed by atoms with Gasteiger partial charge in [-0.15, -0.1) is 0 Å². The fourth-order valence-corrected chi connectivity index (χ4v) is 3.88. The van der Waals surface area contributed by atoms with Crippen molar-refractivity contribution in [3.63, 3.8) is 0 Å². The zero-order chi connectivity index (χ0) is 21.4. The SMILES string of the molecule is CCNC(=NCC1(c2ccc(F)cc2)CCOCC1)N(C)Cc1ccc(OC)cc1. The van der Waals surface area contributed by atoms with Crippen molar-refractivity contribution in [2.45, 2.75) is 31.7 Å². The van der Waals surface area contributed by atoms with Gasteiger partial charge < -0.3 is 19.7 Å². The fraction of sp³-hybridized carbons (Fsp3) is 0.458. The highest BCUT2D eigenvalue weighted by Gasteiger charge is 2.34. The topological polar surface area (TPSA) is 46.1 Å². The molecule has 1 saturated heterocycles. The summed E-state index contributed by atoms with van der Waals surface area (Å²) in [5, 5.41) is 3.40. The van der Waals surface area contributed by atoms with Gasteiger partial charge in [0.1, 0.15) is 11.6 Å². The maximum absolute atomic E-state index is 13.5. The maximum Gasteiger partial charge on any atom is 0.193 e. The first-order valence-electron chi connectivity index (χ1n) is 10.5. The minimum absolute atomic E-state index is 0.131. The Kier molecular flexibility index (Phi) is 7.69. The van der Waals surface area contributed by atoms with Crippen LogP contribution in [0.3, 0.4) is 0 Å². The third-order valence-electron chi connectivity index (χ3n) is 5.71. The van der Waals surface area contributed by atoms with Crippen LogP contribution in [-0.2, 0) is 16.7 Å². The zero-order valence-corrected chi connectivity index (χ0v) is 18.2. The Labute approximate surface area is 178 Å². The number of aliphatic imine (C=N–C) groups is 1. The molecule has 0 unspecified atom stereocenters. The van der Waals surface area contributed by atoms with Crippen molar-refractivity contribution < 1.29 is 13.9 Å². The lowest BCUT2D eigenvalue weighted by Gasteiger charge is -2.37. The molecule has 0 radical (unpaired) electrons. The number of guanidine groups is 1. The van der Waals surface area contributed by atoms with E-state index in [1.54, 1.807) is 7.11 Å². The lowest BCUT2D eigenvalue weighted by molar-refractivity contribution is 0.0530. The van der Waals surface area contributed by atoms with Crippen LogP contribution in [0.1, 0.15) is 30.9 Å². The molecule has 0 saturated carbocycles. The highest BCUT2D eigenvalue weighted by molar-refractivity contribution is 5.79. The fourth-order valence-electron chi connectivity index (χ4n) is 3.88. The van der Waals surface area contributed by atoms with E-state index in [9.17, 15) is 4.39 Å². The van der Waals surface area contributed by atoms with E-state index in [2.05, 4.69) is 29.3 Å². The van der Waals surface area contributed by atoms with Gasteiger partial charge >= 0.3 is 0 Å². The van der Waals surface area contributed by atoms with E-state index in [0.717, 1.165) is 43.2 Å². The van der Waals surface area contributed by atoms with Crippen molar-refractivity contribution in [1.82, 2.24) is 10.2 Å². The first-order valence-corrected chi connectivity index (χ1v) is 10.5. The second-order valence-corrected chi connectivity index (χ2v) is 7.77. The van der Waals surface area contributed by atoms with E-state index in [4.69, 9.17) is 14.5 Å². The number of nitrogens with one attached hydrogen (secondary N) is 1. The number of hydrogen-bond acceptors (Lipinski definition) is 3. The Morgan fingerprint density at radius 1 is 1.13 bits per heavy atom. The number of nitrogens with zero attached hydrogens (tertiary/aromatic N) is 2. The second-order valence-electron chi connectivity index (χ2n) is 7.77. The van der Waals surface area contributed by atoms with Gasteiger partial charge in [0.15, 0.2) is 5.96 Å². The van der Waals surface area contributed by atoms with Crippen molar-refractivity contribution in [3.8, 4) is 5.75 Å². The molecule has 1 fully saturated rings. The first kappa shape index (κ1) is 22.1. The molecule has 0 aliphatic carbocycles. The lowest BCUT2D eigenvalue weighted by Crippen LogP contribution is -2.41. The molecule has 1 aliphatic rings. The quantitative estimate of drug-likeness (QED) is 0.551. The summed E-state index contributed by atoms with van der Waals surface area (Å²) in [4.78, 5) is 7.12. The number of rotatable bonds is 7. The predicted octanol–water partition coefficient (Wildman–Crippen LogP) is 3.98. The van der Waals surface area contributed by atoms with E-state index in [1.165, 1.54) is 17.7 Å². The van der Waals surface area contributed by atoms with Gasteiger partial charge in [0.25, 0.3) is 0 Å². The normalized spacial score (nSPS) is 16.2. The molecule has 30 heavy (non-hydrogen) atoms. The van der Waals surface area contributed by atoms with Gasteiger partial charge in [-0.3, -0.25) is 4.99 Å².